The molecule has 1 saturated heterocycles. The molecule has 6 nitrogen and oxygen atoms in total. The molecule has 2 aromatic rings. The number of aromatic nitrogens is 2. The number of aryl methyl sites for hydroxylation is 1. The molecule has 3 rings (SSSR count). The first-order chi connectivity index (χ1) is 12.2. The number of nitrogens with one attached hydrogen (secondary N) is 2. The average Bonchev–Trinajstić information content (AvgIpc) is 3.16. The fraction of sp³-hybridized carbons (Fsp3) is 0.421. The number of amides is 2. The molecule has 1 aliphatic heterocycles. The smallest absolute Gasteiger partial charge is 0.225 e. The van der Waals surface area contributed by atoms with Gasteiger partial charge in [0, 0.05) is 31.9 Å². The highest BCUT2D eigenvalue weighted by atomic mass is 16.2. The summed E-state index contributed by atoms with van der Waals surface area (Å²) in [5.74, 6) is 0.754. The molecule has 2 amide bonds. The molecule has 0 spiro atoms. The number of hydrogen-bond acceptors (Lipinski definition) is 3. The van der Waals surface area contributed by atoms with Crippen molar-refractivity contribution in [2.24, 2.45) is 5.92 Å². The van der Waals surface area contributed by atoms with Crippen LogP contribution in [0.4, 0.5) is 0 Å². The number of aromatic amines is 1. The Hall–Kier alpha value is -2.63. The highest BCUT2D eigenvalue weighted by Crippen LogP contribution is 2.18. The summed E-state index contributed by atoms with van der Waals surface area (Å²) in [6, 6.07) is 10.3. The van der Waals surface area contributed by atoms with E-state index in [0.717, 1.165) is 18.7 Å². The summed E-state index contributed by atoms with van der Waals surface area (Å²) >= 11 is 0. The molecule has 6 heteroatoms. The van der Waals surface area contributed by atoms with Crippen LogP contribution in [0.15, 0.2) is 42.7 Å². The van der Waals surface area contributed by atoms with Gasteiger partial charge in [-0.3, -0.25) is 9.59 Å². The summed E-state index contributed by atoms with van der Waals surface area (Å²) in [6.45, 7) is 1.61. The van der Waals surface area contributed by atoms with Crippen LogP contribution in [0, 0.1) is 5.92 Å². The second-order valence-corrected chi connectivity index (χ2v) is 6.42. The van der Waals surface area contributed by atoms with Crippen molar-refractivity contribution in [2.45, 2.75) is 32.2 Å². The molecule has 0 saturated carbocycles. The largest absolute Gasteiger partial charge is 0.349 e. The minimum Gasteiger partial charge on any atom is -0.349 e. The lowest BCUT2D eigenvalue weighted by molar-refractivity contribution is -0.138. The summed E-state index contributed by atoms with van der Waals surface area (Å²) in [5.41, 5.74) is 1.28. The van der Waals surface area contributed by atoms with E-state index >= 15 is 0 Å². The second kappa shape index (κ2) is 8.46. The molecular formula is C19H24N4O2. The van der Waals surface area contributed by atoms with E-state index in [1.165, 1.54) is 5.56 Å². The van der Waals surface area contributed by atoms with E-state index in [2.05, 4.69) is 27.4 Å². The Morgan fingerprint density at radius 3 is 2.92 bits per heavy atom. The van der Waals surface area contributed by atoms with Gasteiger partial charge in [0.25, 0.3) is 0 Å². The number of hydrogen-bond donors (Lipinski definition) is 2. The molecular weight excluding hydrogens is 316 g/mol. The second-order valence-electron chi connectivity index (χ2n) is 6.42. The summed E-state index contributed by atoms with van der Waals surface area (Å²) < 4.78 is 0. The van der Waals surface area contributed by atoms with Crippen LogP contribution in [0.3, 0.4) is 0 Å². The Bertz CT molecular complexity index is 685. The van der Waals surface area contributed by atoms with Gasteiger partial charge in [0.05, 0.1) is 12.5 Å². The van der Waals surface area contributed by atoms with Crippen LogP contribution in [0.25, 0.3) is 0 Å². The zero-order valence-electron chi connectivity index (χ0n) is 14.3. The lowest BCUT2D eigenvalue weighted by Gasteiger charge is -2.32. The molecule has 0 unspecified atom stereocenters. The van der Waals surface area contributed by atoms with Gasteiger partial charge in [0.1, 0.15) is 5.82 Å². The third-order valence-corrected chi connectivity index (χ3v) is 4.59. The van der Waals surface area contributed by atoms with Crippen molar-refractivity contribution in [1.82, 2.24) is 20.2 Å². The molecule has 0 radical (unpaired) electrons. The molecule has 2 heterocycles. The molecule has 1 aliphatic rings. The van der Waals surface area contributed by atoms with E-state index in [0.29, 0.717) is 32.5 Å². The quantitative estimate of drug-likeness (QED) is 0.808. The first-order valence-corrected chi connectivity index (χ1v) is 8.80. The van der Waals surface area contributed by atoms with Gasteiger partial charge in [-0.15, -0.1) is 0 Å². The van der Waals surface area contributed by atoms with E-state index < -0.39 is 0 Å². The molecule has 1 aromatic carbocycles. The lowest BCUT2D eigenvalue weighted by atomic mass is 9.96. The Morgan fingerprint density at radius 2 is 2.16 bits per heavy atom. The third-order valence-electron chi connectivity index (χ3n) is 4.59. The molecule has 132 valence electrons. The monoisotopic (exact) mass is 340 g/mol. The number of benzene rings is 1. The van der Waals surface area contributed by atoms with E-state index in [1.54, 1.807) is 12.4 Å². The first kappa shape index (κ1) is 17.2. The van der Waals surface area contributed by atoms with Crippen LogP contribution in [-0.2, 0) is 22.6 Å². The van der Waals surface area contributed by atoms with E-state index in [9.17, 15) is 9.59 Å². The van der Waals surface area contributed by atoms with Gasteiger partial charge in [-0.1, -0.05) is 30.3 Å². The molecule has 0 aliphatic carbocycles. The van der Waals surface area contributed by atoms with Crippen LogP contribution in [0.1, 0.15) is 30.7 Å². The Morgan fingerprint density at radius 1 is 1.32 bits per heavy atom. The maximum atomic E-state index is 12.4. The number of H-pyrrole nitrogens is 1. The summed E-state index contributed by atoms with van der Waals surface area (Å²) in [5, 5.41) is 2.90. The predicted octanol–water partition coefficient (Wildman–Crippen LogP) is 1.90. The Labute approximate surface area is 147 Å². The molecule has 0 bridgehead atoms. The number of carbonyl (C=O) groups is 2. The number of carbonyl (C=O) groups excluding carboxylic acids is 2. The minimum absolute atomic E-state index is 0.00282. The molecule has 2 N–H and O–H groups in total. The standard InChI is InChI=1S/C19H24N4O2/c24-18-9-8-16(19(25)22-13-17-20-10-11-21-17)14-23(18)12-4-7-15-5-2-1-3-6-15/h1-3,5-6,10-11,16H,4,7-9,12-14H2,(H,20,21)(H,22,25)/t16-/m1/s1. The maximum absolute atomic E-state index is 12.4. The van der Waals surface area contributed by atoms with Crippen molar-refractivity contribution in [3.8, 4) is 0 Å². The topological polar surface area (TPSA) is 78.1 Å². The van der Waals surface area contributed by atoms with Crippen LogP contribution < -0.4 is 5.32 Å². The van der Waals surface area contributed by atoms with Gasteiger partial charge in [-0.25, -0.2) is 4.98 Å². The number of likely N-dealkylation sites (tertiary alicyclic amines) is 1. The molecule has 1 fully saturated rings. The van der Waals surface area contributed by atoms with Crippen LogP contribution in [0.5, 0.6) is 0 Å². The summed E-state index contributed by atoms with van der Waals surface area (Å²) in [6.07, 6.45) is 6.32. The Balaban J connectivity index is 1.45. The van der Waals surface area contributed by atoms with Gasteiger partial charge in [0.15, 0.2) is 0 Å². The lowest BCUT2D eigenvalue weighted by Crippen LogP contribution is -2.46. The number of nitrogens with zero attached hydrogens (tertiary/aromatic N) is 2. The van der Waals surface area contributed by atoms with Crippen LogP contribution >= 0.6 is 0 Å². The SMILES string of the molecule is O=C(NCc1ncc[nH]1)[C@@H]1CCC(=O)N(CCCc2ccccc2)C1. The average molecular weight is 340 g/mol. The predicted molar refractivity (Wildman–Crippen MR) is 94.5 cm³/mol. The maximum Gasteiger partial charge on any atom is 0.225 e. The molecule has 25 heavy (non-hydrogen) atoms. The number of piperidine rings is 1. The Kier molecular flexibility index (Phi) is 5.82. The van der Waals surface area contributed by atoms with Crippen molar-refractivity contribution in [1.29, 1.82) is 0 Å². The number of rotatable bonds is 7. The van der Waals surface area contributed by atoms with Crippen molar-refractivity contribution < 1.29 is 9.59 Å². The van der Waals surface area contributed by atoms with E-state index in [1.807, 2.05) is 23.1 Å². The van der Waals surface area contributed by atoms with Gasteiger partial charge < -0.3 is 15.2 Å². The zero-order valence-corrected chi connectivity index (χ0v) is 14.3. The van der Waals surface area contributed by atoms with Gasteiger partial charge in [-0.05, 0) is 24.8 Å². The normalized spacial score (nSPS) is 17.5. The fourth-order valence-electron chi connectivity index (χ4n) is 3.17. The van der Waals surface area contributed by atoms with Crippen LogP contribution in [0.2, 0.25) is 0 Å². The van der Waals surface area contributed by atoms with Crippen LogP contribution in [-0.4, -0.2) is 39.8 Å². The summed E-state index contributed by atoms with van der Waals surface area (Å²) in [7, 11) is 0. The minimum atomic E-state index is -0.135. The fourth-order valence-corrected chi connectivity index (χ4v) is 3.17. The number of imidazole rings is 1. The van der Waals surface area contributed by atoms with Gasteiger partial charge >= 0.3 is 0 Å². The zero-order chi connectivity index (χ0) is 17.5. The van der Waals surface area contributed by atoms with Gasteiger partial charge in [-0.2, -0.15) is 0 Å². The molecule has 1 aromatic heterocycles. The van der Waals surface area contributed by atoms with Crippen molar-refractivity contribution >= 4 is 11.8 Å². The van der Waals surface area contributed by atoms with E-state index in [-0.39, 0.29) is 17.7 Å². The highest BCUT2D eigenvalue weighted by molar-refractivity contribution is 5.83. The van der Waals surface area contributed by atoms with Crippen molar-refractivity contribution in [3.63, 3.8) is 0 Å². The highest BCUT2D eigenvalue weighted by Gasteiger charge is 2.29. The van der Waals surface area contributed by atoms with E-state index in [4.69, 9.17) is 0 Å². The summed E-state index contributed by atoms with van der Waals surface area (Å²) in [4.78, 5) is 33.4. The van der Waals surface area contributed by atoms with Gasteiger partial charge in [0.2, 0.25) is 11.8 Å². The van der Waals surface area contributed by atoms with Crippen molar-refractivity contribution in [2.75, 3.05) is 13.1 Å². The molecule has 1 atom stereocenters. The van der Waals surface area contributed by atoms with Crippen molar-refractivity contribution in [3.05, 3.63) is 54.1 Å². The third kappa shape index (κ3) is 4.92. The first-order valence-electron chi connectivity index (χ1n) is 8.80.